The topological polar surface area (TPSA) is 47.3 Å². The average molecular weight is 339 g/mol. The normalized spacial score (nSPS) is 29.6. The number of nitrogens with two attached hydrogens (primary N) is 1. The third-order valence-electron chi connectivity index (χ3n) is 5.21. The van der Waals surface area contributed by atoms with Gasteiger partial charge in [0.25, 0.3) is 0 Å². The Hall–Kier alpha value is -0.580. The lowest BCUT2D eigenvalue weighted by atomic mass is 9.81. The number of nitrogens with one attached hydrogen (secondary N) is 1. The Morgan fingerprint density at radius 2 is 2.25 bits per heavy atom. The molecule has 2 aliphatic carbocycles. The van der Waals surface area contributed by atoms with Gasteiger partial charge in [0.1, 0.15) is 5.75 Å². The van der Waals surface area contributed by atoms with E-state index in [1.807, 2.05) is 12.1 Å². The minimum absolute atomic E-state index is 0.355. The van der Waals surface area contributed by atoms with E-state index in [9.17, 15) is 0 Å². The van der Waals surface area contributed by atoms with Crippen molar-refractivity contribution in [3.8, 4) is 5.75 Å². The molecule has 1 aromatic rings. The van der Waals surface area contributed by atoms with Crippen molar-refractivity contribution in [3.63, 3.8) is 0 Å². The highest BCUT2D eigenvalue weighted by Crippen LogP contribution is 2.50. The molecule has 2 aliphatic rings. The standard InChI is InChI=1S/C16H23BrN2O/c1-20-16-5-4-13(17)8-12(16)9-15(19-18)14-7-10-2-3-11(14)6-10/h4-5,8,10-11,14-15,19H,2-3,6-7,9,18H2,1H3. The van der Waals surface area contributed by atoms with Crippen molar-refractivity contribution in [1.29, 1.82) is 0 Å². The van der Waals surface area contributed by atoms with E-state index in [0.29, 0.717) is 6.04 Å². The van der Waals surface area contributed by atoms with E-state index in [1.165, 1.54) is 31.2 Å². The predicted octanol–water partition coefficient (Wildman–Crippen LogP) is 3.27. The first kappa shape index (κ1) is 14.4. The first-order valence-corrected chi connectivity index (χ1v) is 8.29. The van der Waals surface area contributed by atoms with Crippen LogP contribution in [0.5, 0.6) is 5.75 Å². The van der Waals surface area contributed by atoms with Gasteiger partial charge in [0.2, 0.25) is 0 Å². The molecule has 110 valence electrons. The van der Waals surface area contributed by atoms with Gasteiger partial charge in [-0.1, -0.05) is 22.4 Å². The van der Waals surface area contributed by atoms with Crippen LogP contribution in [0, 0.1) is 17.8 Å². The highest BCUT2D eigenvalue weighted by Gasteiger charge is 2.42. The third kappa shape index (κ3) is 2.74. The van der Waals surface area contributed by atoms with Gasteiger partial charge in [-0.3, -0.25) is 11.3 Å². The molecule has 2 fully saturated rings. The van der Waals surface area contributed by atoms with Crippen molar-refractivity contribution in [3.05, 3.63) is 28.2 Å². The molecule has 4 unspecified atom stereocenters. The largest absolute Gasteiger partial charge is 0.496 e. The van der Waals surface area contributed by atoms with E-state index in [0.717, 1.165) is 34.4 Å². The Labute approximate surface area is 129 Å². The number of hydrogen-bond acceptors (Lipinski definition) is 3. The molecular formula is C16H23BrN2O. The molecule has 0 radical (unpaired) electrons. The molecule has 2 bridgehead atoms. The van der Waals surface area contributed by atoms with E-state index in [2.05, 4.69) is 27.4 Å². The molecule has 3 rings (SSSR count). The summed E-state index contributed by atoms with van der Waals surface area (Å²) >= 11 is 3.55. The lowest BCUT2D eigenvalue weighted by Gasteiger charge is -2.30. The maximum atomic E-state index is 5.86. The Balaban J connectivity index is 1.76. The van der Waals surface area contributed by atoms with Gasteiger partial charge >= 0.3 is 0 Å². The van der Waals surface area contributed by atoms with Crippen LogP contribution in [0.3, 0.4) is 0 Å². The summed E-state index contributed by atoms with van der Waals surface area (Å²) in [5, 5.41) is 0. The number of hydrogen-bond donors (Lipinski definition) is 2. The molecule has 0 amide bonds. The summed E-state index contributed by atoms with van der Waals surface area (Å²) < 4.78 is 6.58. The van der Waals surface area contributed by atoms with Crippen molar-refractivity contribution in [2.75, 3.05) is 7.11 Å². The molecule has 2 saturated carbocycles. The second-order valence-corrected chi connectivity index (χ2v) is 7.19. The van der Waals surface area contributed by atoms with Crippen molar-refractivity contribution in [2.45, 2.75) is 38.1 Å². The molecule has 0 saturated heterocycles. The average Bonchev–Trinajstić information content (AvgIpc) is 3.07. The van der Waals surface area contributed by atoms with Crippen LogP contribution in [0.2, 0.25) is 0 Å². The molecule has 3 nitrogen and oxygen atoms in total. The van der Waals surface area contributed by atoms with Gasteiger partial charge in [0, 0.05) is 10.5 Å². The molecule has 0 spiro atoms. The lowest BCUT2D eigenvalue weighted by Crippen LogP contribution is -2.44. The number of hydrazine groups is 1. The van der Waals surface area contributed by atoms with E-state index in [4.69, 9.17) is 10.6 Å². The van der Waals surface area contributed by atoms with Gasteiger partial charge in [-0.15, -0.1) is 0 Å². The molecule has 20 heavy (non-hydrogen) atoms. The molecule has 0 aromatic heterocycles. The minimum atomic E-state index is 0.355. The van der Waals surface area contributed by atoms with E-state index < -0.39 is 0 Å². The predicted molar refractivity (Wildman–Crippen MR) is 84.4 cm³/mol. The second kappa shape index (κ2) is 6.04. The zero-order chi connectivity index (χ0) is 14.1. The highest BCUT2D eigenvalue weighted by atomic mass is 79.9. The van der Waals surface area contributed by atoms with Gasteiger partial charge in [-0.2, -0.15) is 0 Å². The van der Waals surface area contributed by atoms with Crippen molar-refractivity contribution >= 4 is 15.9 Å². The van der Waals surface area contributed by atoms with Gasteiger partial charge < -0.3 is 4.74 Å². The monoisotopic (exact) mass is 338 g/mol. The Morgan fingerprint density at radius 3 is 2.85 bits per heavy atom. The molecule has 1 aromatic carbocycles. The number of rotatable bonds is 5. The van der Waals surface area contributed by atoms with Crippen LogP contribution in [-0.2, 0) is 6.42 Å². The molecule has 4 heteroatoms. The summed E-state index contributed by atoms with van der Waals surface area (Å²) in [5.74, 6) is 9.36. The summed E-state index contributed by atoms with van der Waals surface area (Å²) in [6.45, 7) is 0. The summed E-state index contributed by atoms with van der Waals surface area (Å²) in [4.78, 5) is 0. The number of methoxy groups -OCH3 is 1. The fourth-order valence-electron chi connectivity index (χ4n) is 4.26. The molecular weight excluding hydrogens is 316 g/mol. The summed E-state index contributed by atoms with van der Waals surface area (Å²) in [5.41, 5.74) is 4.31. The van der Waals surface area contributed by atoms with Crippen LogP contribution in [0.15, 0.2) is 22.7 Å². The number of fused-ring (bicyclic) bond motifs is 2. The smallest absolute Gasteiger partial charge is 0.122 e. The number of ether oxygens (including phenoxy) is 1. The minimum Gasteiger partial charge on any atom is -0.496 e. The number of benzene rings is 1. The van der Waals surface area contributed by atoms with Gasteiger partial charge in [-0.05, 0) is 67.2 Å². The Kier molecular flexibility index (Phi) is 4.34. The molecule has 3 N–H and O–H groups in total. The summed E-state index contributed by atoms with van der Waals surface area (Å²) in [6, 6.07) is 6.54. The first-order chi connectivity index (χ1) is 9.71. The summed E-state index contributed by atoms with van der Waals surface area (Å²) in [6.07, 6.45) is 6.52. The van der Waals surface area contributed by atoms with Crippen molar-refractivity contribution in [1.82, 2.24) is 5.43 Å². The zero-order valence-corrected chi connectivity index (χ0v) is 13.5. The number of halogens is 1. The van der Waals surface area contributed by atoms with E-state index >= 15 is 0 Å². The molecule has 0 heterocycles. The fraction of sp³-hybridized carbons (Fsp3) is 0.625. The van der Waals surface area contributed by atoms with Crippen molar-refractivity contribution < 1.29 is 4.74 Å². The van der Waals surface area contributed by atoms with Crippen LogP contribution in [-0.4, -0.2) is 13.2 Å². The second-order valence-electron chi connectivity index (χ2n) is 6.27. The van der Waals surface area contributed by atoms with Crippen LogP contribution >= 0.6 is 15.9 Å². The zero-order valence-electron chi connectivity index (χ0n) is 11.9. The highest BCUT2D eigenvalue weighted by molar-refractivity contribution is 9.10. The van der Waals surface area contributed by atoms with Crippen molar-refractivity contribution in [2.24, 2.45) is 23.6 Å². The van der Waals surface area contributed by atoms with Gasteiger partial charge in [0.15, 0.2) is 0 Å². The fourth-order valence-corrected chi connectivity index (χ4v) is 4.67. The van der Waals surface area contributed by atoms with Gasteiger partial charge in [0.05, 0.1) is 7.11 Å². The first-order valence-electron chi connectivity index (χ1n) is 7.49. The summed E-state index contributed by atoms with van der Waals surface area (Å²) in [7, 11) is 1.73. The van der Waals surface area contributed by atoms with Crippen LogP contribution < -0.4 is 16.0 Å². The van der Waals surface area contributed by atoms with Crippen LogP contribution in [0.1, 0.15) is 31.2 Å². The maximum Gasteiger partial charge on any atom is 0.122 e. The Morgan fingerprint density at radius 1 is 1.40 bits per heavy atom. The SMILES string of the molecule is COc1ccc(Br)cc1CC(NN)C1CC2CCC1C2. The molecule has 4 atom stereocenters. The van der Waals surface area contributed by atoms with E-state index in [1.54, 1.807) is 7.11 Å². The van der Waals surface area contributed by atoms with Gasteiger partial charge in [-0.25, -0.2) is 0 Å². The Bertz CT molecular complexity index is 480. The van der Waals surface area contributed by atoms with Crippen LogP contribution in [0.4, 0.5) is 0 Å². The van der Waals surface area contributed by atoms with Crippen LogP contribution in [0.25, 0.3) is 0 Å². The van der Waals surface area contributed by atoms with E-state index in [-0.39, 0.29) is 0 Å². The third-order valence-corrected chi connectivity index (χ3v) is 5.70. The maximum absolute atomic E-state index is 5.86. The lowest BCUT2D eigenvalue weighted by molar-refractivity contribution is 0.246. The molecule has 0 aliphatic heterocycles. The quantitative estimate of drug-likeness (QED) is 0.639.